The molecule has 4 heteroatoms. The summed E-state index contributed by atoms with van der Waals surface area (Å²) in [5, 5.41) is 2.75. The van der Waals surface area contributed by atoms with Crippen LogP contribution in [0.15, 0.2) is 12.2 Å². The summed E-state index contributed by atoms with van der Waals surface area (Å²) in [6.07, 6.45) is 8.02. The first-order chi connectivity index (χ1) is 9.72. The number of carbonyl (C=O) groups excluding carboxylic acids is 1. The van der Waals surface area contributed by atoms with Crippen molar-refractivity contribution in [2.75, 3.05) is 7.05 Å². The smallest absolute Gasteiger partial charge is 0.364 e. The molecule has 0 bridgehead atoms. The number of ether oxygens (including phenoxy) is 1. The van der Waals surface area contributed by atoms with Crippen LogP contribution in [-0.2, 0) is 4.74 Å². The molecule has 0 aromatic heterocycles. The highest BCUT2D eigenvalue weighted by Gasteiger charge is 2.14. The van der Waals surface area contributed by atoms with Gasteiger partial charge in [0.15, 0.2) is 0 Å². The minimum absolute atomic E-state index is 0.101. The van der Waals surface area contributed by atoms with Gasteiger partial charge in [-0.3, -0.25) is 0 Å². The minimum atomic E-state index is -0.499. The van der Waals surface area contributed by atoms with Crippen LogP contribution in [-0.4, -0.2) is 24.5 Å². The van der Waals surface area contributed by atoms with Crippen molar-refractivity contribution in [2.45, 2.75) is 79.4 Å². The molecule has 0 radical (unpaired) electrons. The van der Waals surface area contributed by atoms with E-state index >= 15 is 0 Å². The second kappa shape index (κ2) is 20.8. The molecule has 0 aromatic rings. The zero-order chi connectivity index (χ0) is 16.4. The third kappa shape index (κ3) is 15.6. The zero-order valence-electron chi connectivity index (χ0n) is 14.4. The third-order valence-electron chi connectivity index (χ3n) is 2.49. The molecular weight excluding hydrogens is 270 g/mol. The number of hydrogen-bond acceptors (Lipinski definition) is 3. The van der Waals surface area contributed by atoms with Crippen LogP contribution in [0.25, 0.3) is 0 Å². The summed E-state index contributed by atoms with van der Waals surface area (Å²) < 4.78 is 5.03. The Hall–Kier alpha value is -0.480. The van der Waals surface area contributed by atoms with Crippen molar-refractivity contribution in [3.63, 3.8) is 0 Å². The van der Waals surface area contributed by atoms with Gasteiger partial charge in [0.05, 0.1) is 0 Å². The van der Waals surface area contributed by atoms with E-state index in [1.54, 1.807) is 0 Å². The lowest BCUT2D eigenvalue weighted by Crippen LogP contribution is -2.27. The molecule has 1 aliphatic carbocycles. The predicted octanol–water partition coefficient (Wildman–Crippen LogP) is 5.22. The van der Waals surface area contributed by atoms with E-state index in [-0.39, 0.29) is 6.10 Å². The predicted molar refractivity (Wildman–Crippen MR) is 93.8 cm³/mol. The Morgan fingerprint density at radius 1 is 1.10 bits per heavy atom. The van der Waals surface area contributed by atoms with E-state index < -0.39 is 5.30 Å². The average molecular weight is 306 g/mol. The number of thiol groups is 1. The van der Waals surface area contributed by atoms with Gasteiger partial charge < -0.3 is 10.1 Å². The molecule has 122 valence electrons. The van der Waals surface area contributed by atoms with E-state index in [1.807, 2.05) is 54.7 Å². The summed E-state index contributed by atoms with van der Waals surface area (Å²) in [6.45, 7) is 12.0. The summed E-state index contributed by atoms with van der Waals surface area (Å²) in [5.74, 6) is 0. The molecule has 1 N–H and O–H groups in total. The average Bonchev–Trinajstić information content (AvgIpc) is 2.48. The Balaban J connectivity index is -0.000000425. The van der Waals surface area contributed by atoms with Gasteiger partial charge in [-0.05, 0) is 38.8 Å². The molecule has 1 rings (SSSR count). The van der Waals surface area contributed by atoms with E-state index in [4.69, 9.17) is 4.74 Å². The molecule has 0 aromatic carbocycles. The monoisotopic (exact) mass is 305 g/mol. The highest BCUT2D eigenvalue weighted by Crippen LogP contribution is 2.15. The standard InChI is InChI=1S/C10H17NO2S.3C2H6/c1-11-8-4-2-3-5-9(7-6-8)13-10(12)14;3*1-2/h3,5,8-9,11H,2,4,6-7H2,1H3,(H,12,14);3*1-2H3/b5-3+;;;. The first kappa shape index (κ1) is 24.5. The van der Waals surface area contributed by atoms with Gasteiger partial charge in [0.1, 0.15) is 6.10 Å². The SMILES string of the molecule is CC.CC.CC.CNC1CC/C=C/C(OC(=O)S)CC1. The molecule has 2 atom stereocenters. The van der Waals surface area contributed by atoms with Crippen molar-refractivity contribution >= 4 is 17.9 Å². The molecular formula is C16H35NO2S. The van der Waals surface area contributed by atoms with E-state index in [2.05, 4.69) is 24.0 Å². The van der Waals surface area contributed by atoms with Crippen molar-refractivity contribution < 1.29 is 9.53 Å². The van der Waals surface area contributed by atoms with Gasteiger partial charge in [0.2, 0.25) is 0 Å². The zero-order valence-corrected chi connectivity index (χ0v) is 15.3. The molecule has 0 amide bonds. The van der Waals surface area contributed by atoms with Crippen molar-refractivity contribution in [1.29, 1.82) is 0 Å². The number of nitrogens with one attached hydrogen (secondary N) is 1. The number of rotatable bonds is 2. The Bertz CT molecular complexity index is 221. The Kier molecular flexibility index (Phi) is 25.6. The van der Waals surface area contributed by atoms with Crippen LogP contribution in [0.3, 0.4) is 0 Å². The fourth-order valence-electron chi connectivity index (χ4n) is 1.67. The molecule has 0 heterocycles. The van der Waals surface area contributed by atoms with E-state index in [1.165, 1.54) is 0 Å². The molecule has 0 fully saturated rings. The summed E-state index contributed by atoms with van der Waals surface area (Å²) >= 11 is 3.61. The van der Waals surface area contributed by atoms with Crippen LogP contribution >= 0.6 is 12.6 Å². The maximum Gasteiger partial charge on any atom is 0.364 e. The van der Waals surface area contributed by atoms with Crippen LogP contribution in [0, 0.1) is 0 Å². The fraction of sp³-hybridized carbons (Fsp3) is 0.812. The second-order valence-electron chi connectivity index (χ2n) is 3.49. The van der Waals surface area contributed by atoms with Gasteiger partial charge in [-0.15, -0.1) is 0 Å². The van der Waals surface area contributed by atoms with Crippen LogP contribution in [0.2, 0.25) is 0 Å². The molecule has 0 aliphatic heterocycles. The fourth-order valence-corrected chi connectivity index (χ4v) is 1.80. The van der Waals surface area contributed by atoms with Gasteiger partial charge in [-0.2, -0.15) is 0 Å². The highest BCUT2D eigenvalue weighted by molar-refractivity contribution is 7.96. The number of hydrogen-bond donors (Lipinski definition) is 2. The topological polar surface area (TPSA) is 38.3 Å². The second-order valence-corrected chi connectivity index (χ2v) is 3.86. The number of carbonyl (C=O) groups is 1. The Morgan fingerprint density at radius 3 is 2.10 bits per heavy atom. The van der Waals surface area contributed by atoms with Crippen LogP contribution in [0.4, 0.5) is 4.79 Å². The van der Waals surface area contributed by atoms with Gasteiger partial charge >= 0.3 is 5.30 Å². The summed E-state index contributed by atoms with van der Waals surface area (Å²) in [6, 6.07) is 0.529. The normalized spacial score (nSPS) is 22.0. The van der Waals surface area contributed by atoms with Gasteiger partial charge in [0.25, 0.3) is 0 Å². The van der Waals surface area contributed by atoms with Gasteiger partial charge in [-0.25, -0.2) is 4.79 Å². The van der Waals surface area contributed by atoms with Gasteiger partial charge in [-0.1, -0.05) is 60.2 Å². The molecule has 0 saturated heterocycles. The summed E-state index contributed by atoms with van der Waals surface area (Å²) in [4.78, 5) is 10.7. The van der Waals surface area contributed by atoms with Crippen LogP contribution in [0.5, 0.6) is 0 Å². The maximum absolute atomic E-state index is 10.7. The minimum Gasteiger partial charge on any atom is -0.450 e. The summed E-state index contributed by atoms with van der Waals surface area (Å²) in [5.41, 5.74) is 0. The number of allylic oxidation sites excluding steroid dienone is 1. The van der Waals surface area contributed by atoms with E-state index in [0.717, 1.165) is 25.7 Å². The summed E-state index contributed by atoms with van der Waals surface area (Å²) in [7, 11) is 1.97. The molecule has 2 unspecified atom stereocenters. The van der Waals surface area contributed by atoms with Gasteiger partial charge in [0, 0.05) is 6.04 Å². The van der Waals surface area contributed by atoms with E-state index in [0.29, 0.717) is 6.04 Å². The highest BCUT2D eigenvalue weighted by atomic mass is 32.1. The van der Waals surface area contributed by atoms with Crippen molar-refractivity contribution in [3.05, 3.63) is 12.2 Å². The first-order valence-corrected chi connectivity index (χ1v) is 8.40. The largest absolute Gasteiger partial charge is 0.450 e. The van der Waals surface area contributed by atoms with Crippen LogP contribution < -0.4 is 5.32 Å². The molecule has 1 aliphatic rings. The quantitative estimate of drug-likeness (QED) is 0.417. The van der Waals surface area contributed by atoms with Crippen LogP contribution in [0.1, 0.15) is 67.2 Å². The Labute approximate surface area is 132 Å². The molecule has 3 nitrogen and oxygen atoms in total. The van der Waals surface area contributed by atoms with E-state index in [9.17, 15) is 4.79 Å². The maximum atomic E-state index is 10.7. The molecule has 0 spiro atoms. The van der Waals surface area contributed by atoms with Crippen molar-refractivity contribution in [2.24, 2.45) is 0 Å². The lowest BCUT2D eigenvalue weighted by Gasteiger charge is -2.20. The molecule has 0 saturated carbocycles. The lowest BCUT2D eigenvalue weighted by atomic mass is 10.00. The third-order valence-corrected chi connectivity index (χ3v) is 2.60. The Morgan fingerprint density at radius 2 is 1.65 bits per heavy atom. The van der Waals surface area contributed by atoms with Crippen molar-refractivity contribution in [3.8, 4) is 0 Å². The van der Waals surface area contributed by atoms with Crippen molar-refractivity contribution in [1.82, 2.24) is 5.32 Å². The first-order valence-electron chi connectivity index (χ1n) is 7.96. The lowest BCUT2D eigenvalue weighted by molar-refractivity contribution is 0.138. The molecule has 20 heavy (non-hydrogen) atoms.